The molecule has 116 valence electrons. The molecule has 0 amide bonds. The maximum Gasteiger partial charge on any atom is 0.169 e. The average Bonchev–Trinajstić information content (AvgIpc) is 2.92. The number of halogens is 1. The van der Waals surface area contributed by atoms with Gasteiger partial charge in [0.2, 0.25) is 0 Å². The zero-order chi connectivity index (χ0) is 15.2. The number of hydrogen-bond acceptors (Lipinski definition) is 3. The number of rotatable bonds is 8. The van der Waals surface area contributed by atoms with Gasteiger partial charge < -0.3 is 14.6 Å². The normalized spacial score (nSPS) is 13.2. The van der Waals surface area contributed by atoms with Crippen molar-refractivity contribution in [2.24, 2.45) is 0 Å². The summed E-state index contributed by atoms with van der Waals surface area (Å²) in [6, 6.07) is 7.12. The molecule has 0 radical (unpaired) electrons. The van der Waals surface area contributed by atoms with Crippen molar-refractivity contribution in [2.45, 2.75) is 33.2 Å². The fraction of sp³-hybridized carbons (Fsp3) is 0.529. The lowest BCUT2D eigenvalue weighted by molar-refractivity contribution is 0.274. The highest BCUT2D eigenvalue weighted by atomic mass is 19.1. The topological polar surface area (TPSA) is 28.4 Å². The van der Waals surface area contributed by atoms with Gasteiger partial charge in [-0.05, 0) is 38.2 Å². The standard InChI is InChI=1S/C17H25FN2O/c1-4-19-15(10-11-20(5-2)6-3)16-12-13-8-7-9-14(18)17(13)21-16/h7-9,12,15,19H,4-6,10-11H2,1-3H3. The Hall–Kier alpha value is -1.39. The van der Waals surface area contributed by atoms with E-state index in [1.807, 2.05) is 12.1 Å². The number of fused-ring (bicyclic) bond motifs is 1. The smallest absolute Gasteiger partial charge is 0.169 e. The van der Waals surface area contributed by atoms with Crippen molar-refractivity contribution < 1.29 is 8.81 Å². The third-order valence-corrected chi connectivity index (χ3v) is 3.94. The van der Waals surface area contributed by atoms with E-state index >= 15 is 0 Å². The zero-order valence-corrected chi connectivity index (χ0v) is 13.2. The molecular formula is C17H25FN2O. The highest BCUT2D eigenvalue weighted by Crippen LogP contribution is 2.27. The summed E-state index contributed by atoms with van der Waals surface area (Å²) in [6.07, 6.45) is 0.955. The molecule has 1 atom stereocenters. The molecule has 1 unspecified atom stereocenters. The highest BCUT2D eigenvalue weighted by molar-refractivity contribution is 5.78. The van der Waals surface area contributed by atoms with Gasteiger partial charge in [0.15, 0.2) is 11.4 Å². The summed E-state index contributed by atoms with van der Waals surface area (Å²) in [6.45, 7) is 10.4. The Kier molecular flexibility index (Phi) is 5.76. The molecule has 1 N–H and O–H groups in total. The van der Waals surface area contributed by atoms with Gasteiger partial charge in [0, 0.05) is 11.9 Å². The molecule has 0 saturated heterocycles. The number of furan rings is 1. The van der Waals surface area contributed by atoms with Gasteiger partial charge in [-0.25, -0.2) is 4.39 Å². The van der Waals surface area contributed by atoms with Crippen molar-refractivity contribution in [3.8, 4) is 0 Å². The van der Waals surface area contributed by atoms with Gasteiger partial charge in [0.25, 0.3) is 0 Å². The third kappa shape index (κ3) is 3.83. The SMILES string of the molecule is CCNC(CCN(CC)CC)c1cc2cccc(F)c2o1. The minimum absolute atomic E-state index is 0.127. The van der Waals surface area contributed by atoms with E-state index in [9.17, 15) is 4.39 Å². The van der Waals surface area contributed by atoms with Crippen LogP contribution in [-0.2, 0) is 0 Å². The van der Waals surface area contributed by atoms with Crippen molar-refractivity contribution >= 4 is 11.0 Å². The number of hydrogen-bond donors (Lipinski definition) is 1. The van der Waals surface area contributed by atoms with Crippen molar-refractivity contribution in [3.63, 3.8) is 0 Å². The first-order chi connectivity index (χ1) is 10.2. The van der Waals surface area contributed by atoms with E-state index < -0.39 is 0 Å². The van der Waals surface area contributed by atoms with E-state index in [0.717, 1.165) is 43.7 Å². The van der Waals surface area contributed by atoms with Gasteiger partial charge in [-0.2, -0.15) is 0 Å². The monoisotopic (exact) mass is 292 g/mol. The Balaban J connectivity index is 2.17. The van der Waals surface area contributed by atoms with Crippen LogP contribution in [0, 0.1) is 5.82 Å². The van der Waals surface area contributed by atoms with E-state index in [0.29, 0.717) is 5.58 Å². The molecule has 0 aliphatic heterocycles. The summed E-state index contributed by atoms with van der Waals surface area (Å²) in [7, 11) is 0. The van der Waals surface area contributed by atoms with Crippen molar-refractivity contribution in [1.82, 2.24) is 10.2 Å². The second kappa shape index (κ2) is 7.57. The van der Waals surface area contributed by atoms with Crippen LogP contribution in [0.2, 0.25) is 0 Å². The fourth-order valence-corrected chi connectivity index (χ4v) is 2.66. The average molecular weight is 292 g/mol. The zero-order valence-electron chi connectivity index (χ0n) is 13.2. The van der Waals surface area contributed by atoms with Crippen LogP contribution in [0.5, 0.6) is 0 Å². The molecule has 3 nitrogen and oxygen atoms in total. The number of nitrogens with zero attached hydrogens (tertiary/aromatic N) is 1. The lowest BCUT2D eigenvalue weighted by atomic mass is 10.1. The van der Waals surface area contributed by atoms with E-state index in [-0.39, 0.29) is 11.9 Å². The Morgan fingerprint density at radius 2 is 2.00 bits per heavy atom. The lowest BCUT2D eigenvalue weighted by Gasteiger charge is -2.22. The Bertz CT molecular complexity index is 563. The molecule has 0 saturated carbocycles. The van der Waals surface area contributed by atoms with Gasteiger partial charge in [0.05, 0.1) is 6.04 Å². The summed E-state index contributed by atoms with van der Waals surface area (Å²) in [5.74, 6) is 0.529. The summed E-state index contributed by atoms with van der Waals surface area (Å²) in [5.41, 5.74) is 0.359. The Morgan fingerprint density at radius 3 is 2.62 bits per heavy atom. The summed E-state index contributed by atoms with van der Waals surface area (Å²) in [4.78, 5) is 2.38. The molecule has 21 heavy (non-hydrogen) atoms. The molecular weight excluding hydrogens is 267 g/mol. The fourth-order valence-electron chi connectivity index (χ4n) is 2.66. The van der Waals surface area contributed by atoms with Crippen LogP contribution < -0.4 is 5.32 Å². The third-order valence-electron chi connectivity index (χ3n) is 3.94. The first kappa shape index (κ1) is 16.0. The molecule has 0 aliphatic carbocycles. The van der Waals surface area contributed by atoms with Gasteiger partial charge in [-0.15, -0.1) is 0 Å². The number of benzene rings is 1. The van der Waals surface area contributed by atoms with E-state index in [1.54, 1.807) is 6.07 Å². The van der Waals surface area contributed by atoms with Crippen LogP contribution in [0.4, 0.5) is 4.39 Å². The first-order valence-electron chi connectivity index (χ1n) is 7.83. The minimum Gasteiger partial charge on any atom is -0.456 e. The summed E-state index contributed by atoms with van der Waals surface area (Å²) >= 11 is 0. The molecule has 1 aromatic heterocycles. The molecule has 0 aliphatic rings. The predicted molar refractivity (Wildman–Crippen MR) is 85.0 cm³/mol. The van der Waals surface area contributed by atoms with Crippen molar-refractivity contribution in [1.29, 1.82) is 0 Å². The van der Waals surface area contributed by atoms with Crippen LogP contribution in [-0.4, -0.2) is 31.1 Å². The number of nitrogens with one attached hydrogen (secondary N) is 1. The van der Waals surface area contributed by atoms with Gasteiger partial charge >= 0.3 is 0 Å². The maximum absolute atomic E-state index is 13.7. The van der Waals surface area contributed by atoms with Gasteiger partial charge in [-0.3, -0.25) is 0 Å². The maximum atomic E-state index is 13.7. The molecule has 0 fully saturated rings. The molecule has 1 heterocycles. The molecule has 2 rings (SSSR count). The predicted octanol–water partition coefficient (Wildman–Crippen LogP) is 3.95. The molecule has 2 aromatic rings. The van der Waals surface area contributed by atoms with Crippen LogP contribution in [0.3, 0.4) is 0 Å². The molecule has 0 bridgehead atoms. The van der Waals surface area contributed by atoms with E-state index in [2.05, 4.69) is 31.0 Å². The lowest BCUT2D eigenvalue weighted by Crippen LogP contribution is -2.29. The van der Waals surface area contributed by atoms with Crippen LogP contribution in [0.1, 0.15) is 39.0 Å². The van der Waals surface area contributed by atoms with Gasteiger partial charge in [-0.1, -0.05) is 32.9 Å². The second-order valence-corrected chi connectivity index (χ2v) is 5.23. The van der Waals surface area contributed by atoms with Gasteiger partial charge in [0.1, 0.15) is 5.76 Å². The highest BCUT2D eigenvalue weighted by Gasteiger charge is 2.17. The number of para-hydroxylation sites is 1. The van der Waals surface area contributed by atoms with E-state index in [1.165, 1.54) is 6.07 Å². The summed E-state index contributed by atoms with van der Waals surface area (Å²) in [5, 5.41) is 4.27. The van der Waals surface area contributed by atoms with Crippen molar-refractivity contribution in [3.05, 3.63) is 35.8 Å². The molecule has 4 heteroatoms. The summed E-state index contributed by atoms with van der Waals surface area (Å²) < 4.78 is 19.5. The second-order valence-electron chi connectivity index (χ2n) is 5.23. The van der Waals surface area contributed by atoms with Crippen molar-refractivity contribution in [2.75, 3.05) is 26.2 Å². The van der Waals surface area contributed by atoms with E-state index in [4.69, 9.17) is 4.42 Å². The molecule has 0 spiro atoms. The Morgan fingerprint density at radius 1 is 1.24 bits per heavy atom. The first-order valence-corrected chi connectivity index (χ1v) is 7.83. The van der Waals surface area contributed by atoms with Crippen LogP contribution >= 0.6 is 0 Å². The van der Waals surface area contributed by atoms with Crippen LogP contribution in [0.25, 0.3) is 11.0 Å². The quantitative estimate of drug-likeness (QED) is 0.798. The minimum atomic E-state index is -0.294. The van der Waals surface area contributed by atoms with Crippen LogP contribution in [0.15, 0.2) is 28.7 Å². The molecule has 1 aromatic carbocycles. The Labute approximate surface area is 126 Å². The largest absolute Gasteiger partial charge is 0.456 e.